The second-order valence-electron chi connectivity index (χ2n) is 2.29. The largest absolute Gasteiger partial charge is 1.00 e. The minimum Gasteiger partial charge on any atom is -0.724 e. The summed E-state index contributed by atoms with van der Waals surface area (Å²) in [5, 5.41) is 8.63. The predicted octanol–water partition coefficient (Wildman–Crippen LogP) is -6.74. The second-order valence-corrected chi connectivity index (χ2v) is 4.19. The fourth-order valence-electron chi connectivity index (χ4n) is 0.496. The third-order valence-electron chi connectivity index (χ3n) is 0.951. The van der Waals surface area contributed by atoms with Gasteiger partial charge in [0.05, 0.1) is 0 Å². The van der Waals surface area contributed by atoms with Gasteiger partial charge in [0.15, 0.2) is 0 Å². The van der Waals surface area contributed by atoms with Crippen molar-refractivity contribution in [1.82, 2.24) is 0 Å². The van der Waals surface area contributed by atoms with Crippen molar-refractivity contribution in [3.63, 3.8) is 0 Å². The van der Waals surface area contributed by atoms with Gasteiger partial charge in [-0.25, -0.2) is 16.8 Å². The minimum atomic E-state index is -5.31. The van der Waals surface area contributed by atoms with Crippen LogP contribution in [0.15, 0.2) is 30.3 Å². The van der Waals surface area contributed by atoms with Gasteiger partial charge in [-0.05, 0) is 12.1 Å². The van der Waals surface area contributed by atoms with E-state index in [1.54, 1.807) is 24.3 Å². The summed E-state index contributed by atoms with van der Waals surface area (Å²) in [6.07, 6.45) is 0. The molecule has 1 aromatic carbocycles. The summed E-state index contributed by atoms with van der Waals surface area (Å²) in [6.45, 7) is 0. The third kappa shape index (κ3) is 21.2. The third-order valence-corrected chi connectivity index (χ3v) is 1.51. The molecule has 0 heterocycles. The van der Waals surface area contributed by atoms with Crippen molar-refractivity contribution in [2.45, 2.75) is 0 Å². The van der Waals surface area contributed by atoms with Crippen LogP contribution in [0.25, 0.3) is 0 Å². The first-order valence-electron chi connectivity index (χ1n) is 3.63. The first kappa shape index (κ1) is 24.8. The maximum atomic E-state index is 9.37. The van der Waals surface area contributed by atoms with Crippen molar-refractivity contribution < 1.29 is 98.8 Å². The fourth-order valence-corrected chi connectivity index (χ4v) is 1.04. The maximum absolute atomic E-state index is 9.37. The van der Waals surface area contributed by atoms with Crippen LogP contribution in [-0.4, -0.2) is 31.0 Å². The number of phenolic OH excluding ortho intramolecular Hbond substituents is 1. The van der Waals surface area contributed by atoms with Crippen LogP contribution in [0.2, 0.25) is 0 Å². The first-order chi connectivity index (χ1) is 7.60. The molecule has 0 atom stereocenters. The summed E-state index contributed by atoms with van der Waals surface area (Å²) in [6, 6.07) is 8.71. The normalized spacial score (nSPS) is 10.2. The average molecular weight is 332 g/mol. The standard InChI is InChI=1S/C6H6O.2Na.H2O8S2/c7-6-4-2-1-3-5-6;;;1-9(2,3)7-8-10(4,5)6/h1-5,7H;;;(H,1,2,3)(H,4,5,6)/q;2*+1;/p-2. The van der Waals surface area contributed by atoms with Crippen molar-refractivity contribution in [3.8, 4) is 5.75 Å². The van der Waals surface area contributed by atoms with Gasteiger partial charge in [-0.1, -0.05) is 18.2 Å². The van der Waals surface area contributed by atoms with Crippen molar-refractivity contribution in [2.24, 2.45) is 0 Å². The van der Waals surface area contributed by atoms with Gasteiger partial charge >= 0.3 is 59.1 Å². The van der Waals surface area contributed by atoms with E-state index >= 15 is 0 Å². The van der Waals surface area contributed by atoms with Crippen LogP contribution in [-0.2, 0) is 29.5 Å². The van der Waals surface area contributed by atoms with E-state index in [0.717, 1.165) is 0 Å². The Morgan fingerprint density at radius 2 is 1.16 bits per heavy atom. The van der Waals surface area contributed by atoms with E-state index in [2.05, 4.69) is 8.67 Å². The molecule has 1 aromatic rings. The SMILES string of the molecule is O=S(=O)([O-])OOS(=O)(=O)[O-].Oc1ccccc1.[Na+].[Na+]. The van der Waals surface area contributed by atoms with E-state index in [-0.39, 0.29) is 59.1 Å². The number of benzene rings is 1. The predicted molar refractivity (Wildman–Crippen MR) is 49.7 cm³/mol. The summed E-state index contributed by atoms with van der Waals surface area (Å²) < 4.78 is 61.5. The fraction of sp³-hybridized carbons (Fsp3) is 0. The van der Waals surface area contributed by atoms with Gasteiger partial charge in [0.2, 0.25) is 20.8 Å². The van der Waals surface area contributed by atoms with E-state index in [9.17, 15) is 25.9 Å². The van der Waals surface area contributed by atoms with Crippen molar-refractivity contribution in [1.29, 1.82) is 0 Å². The topological polar surface area (TPSA) is 153 Å². The maximum Gasteiger partial charge on any atom is 1.00 e. The molecule has 1 rings (SSSR count). The van der Waals surface area contributed by atoms with Gasteiger partial charge in [-0.2, -0.15) is 0 Å². The van der Waals surface area contributed by atoms with Gasteiger partial charge in [0.1, 0.15) is 5.75 Å². The number of phenols is 1. The minimum absolute atomic E-state index is 0. The molecule has 0 amide bonds. The monoisotopic (exact) mass is 332 g/mol. The zero-order chi connectivity index (χ0) is 13.5. The molecular formula is C6H6Na2O9S2. The van der Waals surface area contributed by atoms with E-state index < -0.39 is 20.8 Å². The molecule has 0 unspecified atom stereocenters. The molecule has 0 aromatic heterocycles. The number of hydrogen-bond donors (Lipinski definition) is 1. The average Bonchev–Trinajstić information content (AvgIpc) is 2.15. The Kier molecular flexibility index (Phi) is 14.9. The van der Waals surface area contributed by atoms with Crippen LogP contribution < -0.4 is 59.1 Å². The van der Waals surface area contributed by atoms with Gasteiger partial charge < -0.3 is 14.2 Å². The Hall–Kier alpha value is 0.760. The molecule has 1 N–H and O–H groups in total. The number of para-hydroxylation sites is 1. The van der Waals surface area contributed by atoms with Gasteiger partial charge in [-0.3, -0.25) is 0 Å². The quantitative estimate of drug-likeness (QED) is 0.187. The van der Waals surface area contributed by atoms with Crippen LogP contribution >= 0.6 is 0 Å². The Balaban J connectivity index is -0.000000253. The second kappa shape index (κ2) is 11.4. The van der Waals surface area contributed by atoms with Crippen LogP contribution in [0.1, 0.15) is 0 Å². The van der Waals surface area contributed by atoms with Crippen molar-refractivity contribution in [3.05, 3.63) is 30.3 Å². The molecule has 0 bridgehead atoms. The Labute approximate surface area is 154 Å². The molecule has 0 radical (unpaired) electrons. The molecule has 0 aliphatic heterocycles. The van der Waals surface area contributed by atoms with Crippen LogP contribution in [0, 0.1) is 0 Å². The number of aromatic hydroxyl groups is 1. The number of hydrogen-bond acceptors (Lipinski definition) is 9. The summed E-state index contributed by atoms with van der Waals surface area (Å²) in [7, 11) is -10.6. The molecule has 98 valence electrons. The van der Waals surface area contributed by atoms with Gasteiger partial charge in [0, 0.05) is 0 Å². The Morgan fingerprint density at radius 1 is 0.842 bits per heavy atom. The molecule has 19 heavy (non-hydrogen) atoms. The molecule has 13 heteroatoms. The summed E-state index contributed by atoms with van der Waals surface area (Å²) in [5.41, 5.74) is 0. The van der Waals surface area contributed by atoms with Gasteiger partial charge in [0.25, 0.3) is 0 Å². The summed E-state index contributed by atoms with van der Waals surface area (Å²) in [4.78, 5) is 0. The molecule has 9 nitrogen and oxygen atoms in total. The van der Waals surface area contributed by atoms with Crippen LogP contribution in [0.4, 0.5) is 0 Å². The van der Waals surface area contributed by atoms with E-state index in [1.807, 2.05) is 6.07 Å². The Bertz CT molecular complexity index is 495. The molecule has 0 saturated carbocycles. The van der Waals surface area contributed by atoms with Crippen molar-refractivity contribution >= 4 is 20.8 Å². The molecule has 0 fully saturated rings. The summed E-state index contributed by atoms with van der Waals surface area (Å²) >= 11 is 0. The van der Waals surface area contributed by atoms with Crippen LogP contribution in [0.3, 0.4) is 0 Å². The molecule has 0 aliphatic carbocycles. The van der Waals surface area contributed by atoms with Crippen LogP contribution in [0.5, 0.6) is 5.75 Å². The zero-order valence-electron chi connectivity index (χ0n) is 9.92. The number of rotatable bonds is 3. The first-order valence-corrected chi connectivity index (χ1v) is 6.30. The smallest absolute Gasteiger partial charge is 0.724 e. The molecule has 0 spiro atoms. The van der Waals surface area contributed by atoms with E-state index in [4.69, 9.17) is 5.11 Å². The van der Waals surface area contributed by atoms with Crippen molar-refractivity contribution in [2.75, 3.05) is 0 Å². The van der Waals surface area contributed by atoms with Gasteiger partial charge in [-0.15, -0.1) is 8.67 Å². The zero-order valence-corrected chi connectivity index (χ0v) is 15.5. The van der Waals surface area contributed by atoms with E-state index in [1.165, 1.54) is 0 Å². The molecular weight excluding hydrogens is 326 g/mol. The Morgan fingerprint density at radius 3 is 1.32 bits per heavy atom. The van der Waals surface area contributed by atoms with E-state index in [0.29, 0.717) is 5.75 Å². The molecule has 0 aliphatic rings. The molecule has 0 saturated heterocycles. The summed E-state index contributed by atoms with van der Waals surface area (Å²) in [5.74, 6) is 0.322.